The molecular formula is C21H25FN4O3S. The van der Waals surface area contributed by atoms with E-state index in [2.05, 4.69) is 15.0 Å². The first-order chi connectivity index (χ1) is 14.5. The van der Waals surface area contributed by atoms with Crippen molar-refractivity contribution >= 4 is 21.4 Å². The highest BCUT2D eigenvalue weighted by atomic mass is 32.2. The van der Waals surface area contributed by atoms with Crippen LogP contribution in [0.3, 0.4) is 0 Å². The van der Waals surface area contributed by atoms with Crippen LogP contribution in [-0.4, -0.2) is 74.4 Å². The van der Waals surface area contributed by atoms with Crippen LogP contribution in [0.1, 0.15) is 12.0 Å². The average Bonchev–Trinajstić information content (AvgIpc) is 2.76. The van der Waals surface area contributed by atoms with Crippen LogP contribution in [0.5, 0.6) is 0 Å². The Kier molecular flexibility index (Phi) is 6.03. The fourth-order valence-corrected chi connectivity index (χ4v) is 5.70. The third-order valence-electron chi connectivity index (χ3n) is 5.71. The van der Waals surface area contributed by atoms with Gasteiger partial charge in [0, 0.05) is 44.0 Å². The number of halogens is 1. The number of rotatable bonds is 5. The Balaban J connectivity index is 1.31. The molecule has 0 radical (unpaired) electrons. The van der Waals surface area contributed by atoms with Crippen LogP contribution in [0.4, 0.5) is 10.1 Å². The van der Waals surface area contributed by atoms with E-state index in [4.69, 9.17) is 0 Å². The molecule has 0 atom stereocenters. The zero-order valence-corrected chi connectivity index (χ0v) is 17.4. The molecule has 30 heavy (non-hydrogen) atoms. The van der Waals surface area contributed by atoms with Crippen molar-refractivity contribution in [2.45, 2.75) is 11.3 Å². The summed E-state index contributed by atoms with van der Waals surface area (Å²) in [6.45, 7) is 4.68. The van der Waals surface area contributed by atoms with E-state index in [1.54, 1.807) is 36.4 Å². The third-order valence-corrected chi connectivity index (χ3v) is 7.61. The lowest BCUT2D eigenvalue weighted by Crippen LogP contribution is -2.47. The summed E-state index contributed by atoms with van der Waals surface area (Å²) in [5.74, 6) is -0.234. The van der Waals surface area contributed by atoms with Gasteiger partial charge >= 0.3 is 0 Å². The van der Waals surface area contributed by atoms with Gasteiger partial charge in [-0.3, -0.25) is 4.90 Å². The molecule has 2 aliphatic rings. The molecule has 1 saturated heterocycles. The van der Waals surface area contributed by atoms with Gasteiger partial charge in [0.1, 0.15) is 11.5 Å². The minimum atomic E-state index is -3.59. The maximum Gasteiger partial charge on any atom is 0.244 e. The highest BCUT2D eigenvalue weighted by molar-refractivity contribution is 7.89. The first-order valence-corrected chi connectivity index (χ1v) is 11.5. The van der Waals surface area contributed by atoms with Crippen molar-refractivity contribution in [1.29, 1.82) is 0 Å². The molecule has 7 nitrogen and oxygen atoms in total. The van der Waals surface area contributed by atoms with E-state index in [0.717, 1.165) is 38.4 Å². The van der Waals surface area contributed by atoms with E-state index in [1.807, 2.05) is 0 Å². The molecule has 0 aromatic heterocycles. The predicted molar refractivity (Wildman–Crippen MR) is 113 cm³/mol. The van der Waals surface area contributed by atoms with E-state index >= 15 is 0 Å². The largest absolute Gasteiger partial charge is 0.411 e. The summed E-state index contributed by atoms with van der Waals surface area (Å²) in [4.78, 5) is 4.73. The Bertz CT molecular complexity index is 1020. The number of nitrogens with zero attached hydrogens (tertiary/aromatic N) is 4. The standard InChI is InChI=1S/C21H25FN4O3S/c22-17-6-8-18(9-7-17)25-14-12-24(13-15-25)10-3-11-26-16-20(23-27)19-4-1-2-5-21(19)30(26,28)29/h1-2,4-9,27H,3,10-16H2. The van der Waals surface area contributed by atoms with Gasteiger partial charge in [0.25, 0.3) is 0 Å². The van der Waals surface area contributed by atoms with Gasteiger partial charge in [-0.25, -0.2) is 12.8 Å². The second-order valence-corrected chi connectivity index (χ2v) is 9.45. The number of piperazine rings is 1. The Morgan fingerprint density at radius 3 is 2.37 bits per heavy atom. The summed E-state index contributed by atoms with van der Waals surface area (Å²) in [6, 6.07) is 13.2. The summed E-state index contributed by atoms with van der Waals surface area (Å²) in [7, 11) is -3.59. The Morgan fingerprint density at radius 2 is 1.67 bits per heavy atom. The van der Waals surface area contributed by atoms with Crippen molar-refractivity contribution in [3.8, 4) is 0 Å². The lowest BCUT2D eigenvalue weighted by atomic mass is 10.1. The van der Waals surface area contributed by atoms with Gasteiger partial charge in [0.15, 0.2) is 0 Å². The number of sulfonamides is 1. The number of anilines is 1. The van der Waals surface area contributed by atoms with Crippen LogP contribution >= 0.6 is 0 Å². The lowest BCUT2D eigenvalue weighted by Gasteiger charge is -2.36. The van der Waals surface area contributed by atoms with E-state index < -0.39 is 10.0 Å². The highest BCUT2D eigenvalue weighted by Crippen LogP contribution is 2.26. The van der Waals surface area contributed by atoms with Crippen LogP contribution in [0, 0.1) is 5.82 Å². The van der Waals surface area contributed by atoms with Crippen LogP contribution in [-0.2, 0) is 10.0 Å². The Labute approximate surface area is 176 Å². The van der Waals surface area contributed by atoms with Crippen LogP contribution < -0.4 is 4.90 Å². The zero-order valence-electron chi connectivity index (χ0n) is 16.6. The fourth-order valence-electron chi connectivity index (χ4n) is 4.04. The van der Waals surface area contributed by atoms with Crippen LogP contribution in [0.15, 0.2) is 58.6 Å². The monoisotopic (exact) mass is 432 g/mol. The van der Waals surface area contributed by atoms with Gasteiger partial charge in [-0.2, -0.15) is 4.31 Å². The molecule has 2 aromatic rings. The van der Waals surface area contributed by atoms with Crippen molar-refractivity contribution in [3.63, 3.8) is 0 Å². The van der Waals surface area contributed by atoms with Crippen molar-refractivity contribution in [1.82, 2.24) is 9.21 Å². The minimum absolute atomic E-state index is 0.0776. The molecule has 0 saturated carbocycles. The second-order valence-electron chi connectivity index (χ2n) is 7.54. The highest BCUT2D eigenvalue weighted by Gasteiger charge is 2.34. The summed E-state index contributed by atoms with van der Waals surface area (Å²) in [6.07, 6.45) is 0.691. The average molecular weight is 433 g/mol. The lowest BCUT2D eigenvalue weighted by molar-refractivity contribution is 0.247. The second kappa shape index (κ2) is 8.71. The van der Waals surface area contributed by atoms with Gasteiger partial charge in [-0.15, -0.1) is 0 Å². The maximum atomic E-state index is 13.1. The quantitative estimate of drug-likeness (QED) is 0.579. The third kappa shape index (κ3) is 4.19. The molecule has 0 aliphatic carbocycles. The number of hydrogen-bond acceptors (Lipinski definition) is 6. The van der Waals surface area contributed by atoms with Gasteiger partial charge in [-0.05, 0) is 43.3 Å². The Morgan fingerprint density at radius 1 is 0.967 bits per heavy atom. The van der Waals surface area contributed by atoms with Gasteiger partial charge < -0.3 is 10.1 Å². The number of oxime groups is 1. The van der Waals surface area contributed by atoms with E-state index in [1.165, 1.54) is 16.4 Å². The molecule has 2 aromatic carbocycles. The molecule has 1 N–H and O–H groups in total. The molecule has 1 fully saturated rings. The summed E-state index contributed by atoms with van der Waals surface area (Å²) in [5, 5.41) is 12.6. The summed E-state index contributed by atoms with van der Waals surface area (Å²) >= 11 is 0. The van der Waals surface area contributed by atoms with Gasteiger partial charge in [0.05, 0.1) is 11.4 Å². The predicted octanol–water partition coefficient (Wildman–Crippen LogP) is 2.22. The van der Waals surface area contributed by atoms with Crippen molar-refractivity contribution in [2.75, 3.05) is 50.7 Å². The smallest absolute Gasteiger partial charge is 0.244 e. The molecule has 2 heterocycles. The van der Waals surface area contributed by atoms with Crippen molar-refractivity contribution in [2.24, 2.45) is 5.16 Å². The summed E-state index contributed by atoms with van der Waals surface area (Å²) < 4.78 is 40.3. The molecule has 0 unspecified atom stereocenters. The fraction of sp³-hybridized carbons (Fsp3) is 0.381. The van der Waals surface area contributed by atoms with Crippen molar-refractivity contribution in [3.05, 3.63) is 59.9 Å². The number of benzene rings is 2. The molecule has 2 aliphatic heterocycles. The molecule has 0 spiro atoms. The van der Waals surface area contributed by atoms with Gasteiger partial charge in [0.2, 0.25) is 10.0 Å². The normalized spacial score (nSPS) is 21.0. The van der Waals surface area contributed by atoms with E-state index in [-0.39, 0.29) is 17.3 Å². The summed E-state index contributed by atoms with van der Waals surface area (Å²) in [5.41, 5.74) is 1.85. The zero-order chi connectivity index (χ0) is 21.1. The number of hydrogen-bond donors (Lipinski definition) is 1. The van der Waals surface area contributed by atoms with Crippen molar-refractivity contribution < 1.29 is 18.0 Å². The molecule has 0 amide bonds. The first kappa shape index (κ1) is 20.8. The maximum absolute atomic E-state index is 13.1. The topological polar surface area (TPSA) is 76.4 Å². The van der Waals surface area contributed by atoms with Crippen LogP contribution in [0.25, 0.3) is 0 Å². The number of fused-ring (bicyclic) bond motifs is 1. The van der Waals surface area contributed by atoms with Gasteiger partial charge in [-0.1, -0.05) is 23.4 Å². The Hall–Kier alpha value is -2.49. The van der Waals surface area contributed by atoms with E-state index in [9.17, 15) is 18.0 Å². The van der Waals surface area contributed by atoms with Crippen LogP contribution in [0.2, 0.25) is 0 Å². The SMILES string of the molecule is O=S1(=O)c2ccccc2C(=NO)CN1CCCN1CCN(c2ccc(F)cc2)CC1. The minimum Gasteiger partial charge on any atom is -0.411 e. The molecule has 160 valence electrons. The molecule has 4 rings (SSSR count). The molecule has 0 bridgehead atoms. The van der Waals surface area contributed by atoms with E-state index in [0.29, 0.717) is 24.2 Å². The first-order valence-electron chi connectivity index (χ1n) is 10.0. The molecular weight excluding hydrogens is 407 g/mol. The molecule has 9 heteroatoms.